The van der Waals surface area contributed by atoms with Crippen molar-refractivity contribution in [2.75, 3.05) is 39.4 Å². The molecule has 0 bridgehead atoms. The minimum absolute atomic E-state index is 0.153. The summed E-state index contributed by atoms with van der Waals surface area (Å²) in [6, 6.07) is 3.72. The predicted octanol–water partition coefficient (Wildman–Crippen LogP) is -0.0736. The second-order valence-electron chi connectivity index (χ2n) is 6.34. The highest BCUT2D eigenvalue weighted by molar-refractivity contribution is 6.07. The minimum atomic E-state index is -0.868. The van der Waals surface area contributed by atoms with Crippen molar-refractivity contribution in [3.63, 3.8) is 0 Å². The summed E-state index contributed by atoms with van der Waals surface area (Å²) in [6.45, 7) is 5.04. The smallest absolute Gasteiger partial charge is 0.235 e. The molecule has 1 aliphatic carbocycles. The molecular formula is C17H24N4O3. The number of aromatic nitrogens is 1. The molecule has 2 aliphatic rings. The summed E-state index contributed by atoms with van der Waals surface area (Å²) in [5.74, 6) is -0.338. The summed E-state index contributed by atoms with van der Waals surface area (Å²) < 4.78 is 5.30. The molecule has 1 aromatic heterocycles. The molecule has 130 valence electrons. The Bertz CT molecular complexity index is 568. The van der Waals surface area contributed by atoms with Gasteiger partial charge in [0.25, 0.3) is 0 Å². The van der Waals surface area contributed by atoms with Gasteiger partial charge in [0.2, 0.25) is 11.8 Å². The standard InChI is InChI=1S/C17H24N4O3/c22-15(19-6-7-21-8-10-24-11-9-21)17(3-4-17)16(23)20-13-14-2-1-5-18-12-14/h1-2,5,12H,3-4,6-11,13H2,(H,19,22)(H,20,23). The molecule has 7 nitrogen and oxygen atoms in total. The average molecular weight is 332 g/mol. The van der Waals surface area contributed by atoms with E-state index in [9.17, 15) is 9.59 Å². The largest absolute Gasteiger partial charge is 0.379 e. The fourth-order valence-corrected chi connectivity index (χ4v) is 2.86. The maximum atomic E-state index is 12.4. The first-order chi connectivity index (χ1) is 11.7. The number of morpholine rings is 1. The Morgan fingerprint density at radius 1 is 1.21 bits per heavy atom. The van der Waals surface area contributed by atoms with E-state index in [1.54, 1.807) is 12.4 Å². The molecule has 2 heterocycles. The highest BCUT2D eigenvalue weighted by atomic mass is 16.5. The van der Waals surface area contributed by atoms with Gasteiger partial charge in [0, 0.05) is 45.1 Å². The zero-order valence-corrected chi connectivity index (χ0v) is 13.8. The second kappa shape index (κ2) is 7.72. The summed E-state index contributed by atoms with van der Waals surface area (Å²) >= 11 is 0. The lowest BCUT2D eigenvalue weighted by Crippen LogP contribution is -2.46. The molecule has 2 fully saturated rings. The van der Waals surface area contributed by atoms with E-state index in [4.69, 9.17) is 4.74 Å². The maximum absolute atomic E-state index is 12.4. The summed E-state index contributed by atoms with van der Waals surface area (Å²) in [7, 11) is 0. The molecule has 7 heteroatoms. The molecule has 1 saturated heterocycles. The quantitative estimate of drug-likeness (QED) is 0.683. The number of amides is 2. The topological polar surface area (TPSA) is 83.6 Å². The monoisotopic (exact) mass is 332 g/mol. The summed E-state index contributed by atoms with van der Waals surface area (Å²) in [4.78, 5) is 31.1. The van der Waals surface area contributed by atoms with Gasteiger partial charge in [-0.2, -0.15) is 0 Å². The zero-order chi connectivity index (χ0) is 16.8. The van der Waals surface area contributed by atoms with Crippen molar-refractivity contribution in [2.24, 2.45) is 5.41 Å². The molecule has 2 N–H and O–H groups in total. The molecule has 2 amide bonds. The van der Waals surface area contributed by atoms with Gasteiger partial charge in [0.15, 0.2) is 0 Å². The van der Waals surface area contributed by atoms with Crippen LogP contribution in [0.4, 0.5) is 0 Å². The van der Waals surface area contributed by atoms with Crippen molar-refractivity contribution in [3.8, 4) is 0 Å². The number of pyridine rings is 1. The first-order valence-corrected chi connectivity index (χ1v) is 8.46. The van der Waals surface area contributed by atoms with Crippen LogP contribution in [0.3, 0.4) is 0 Å². The summed E-state index contributed by atoms with van der Waals surface area (Å²) in [5, 5.41) is 5.77. The van der Waals surface area contributed by atoms with E-state index in [0.29, 0.717) is 25.9 Å². The lowest BCUT2D eigenvalue weighted by atomic mass is 10.1. The summed E-state index contributed by atoms with van der Waals surface area (Å²) in [6.07, 6.45) is 4.64. The van der Waals surface area contributed by atoms with Crippen LogP contribution in [-0.4, -0.2) is 61.1 Å². The number of nitrogens with zero attached hydrogens (tertiary/aromatic N) is 2. The van der Waals surface area contributed by atoms with Crippen molar-refractivity contribution in [1.82, 2.24) is 20.5 Å². The van der Waals surface area contributed by atoms with E-state index in [1.165, 1.54) is 0 Å². The van der Waals surface area contributed by atoms with E-state index in [0.717, 1.165) is 38.4 Å². The van der Waals surface area contributed by atoms with Gasteiger partial charge >= 0.3 is 0 Å². The molecule has 0 unspecified atom stereocenters. The Labute approximate surface area is 141 Å². The zero-order valence-electron chi connectivity index (χ0n) is 13.8. The van der Waals surface area contributed by atoms with Gasteiger partial charge in [-0.15, -0.1) is 0 Å². The second-order valence-corrected chi connectivity index (χ2v) is 6.34. The lowest BCUT2D eigenvalue weighted by molar-refractivity contribution is -0.137. The van der Waals surface area contributed by atoms with Crippen LogP contribution in [0.2, 0.25) is 0 Å². The number of hydrogen-bond acceptors (Lipinski definition) is 5. The van der Waals surface area contributed by atoms with Crippen LogP contribution in [-0.2, 0) is 20.9 Å². The number of rotatable bonds is 7. The first-order valence-electron chi connectivity index (χ1n) is 8.46. The Balaban J connectivity index is 1.42. The van der Waals surface area contributed by atoms with Crippen LogP contribution < -0.4 is 10.6 Å². The fourth-order valence-electron chi connectivity index (χ4n) is 2.86. The van der Waals surface area contributed by atoms with Crippen molar-refractivity contribution in [2.45, 2.75) is 19.4 Å². The number of ether oxygens (including phenoxy) is 1. The molecule has 1 saturated carbocycles. The van der Waals surface area contributed by atoms with Gasteiger partial charge < -0.3 is 15.4 Å². The van der Waals surface area contributed by atoms with Crippen LogP contribution in [0, 0.1) is 5.41 Å². The third-order valence-electron chi connectivity index (χ3n) is 4.61. The Morgan fingerprint density at radius 3 is 2.62 bits per heavy atom. The number of hydrogen-bond donors (Lipinski definition) is 2. The summed E-state index contributed by atoms with van der Waals surface area (Å²) in [5.41, 5.74) is 0.0575. The van der Waals surface area contributed by atoms with Crippen molar-refractivity contribution in [3.05, 3.63) is 30.1 Å². The van der Waals surface area contributed by atoms with Crippen LogP contribution in [0.1, 0.15) is 18.4 Å². The van der Waals surface area contributed by atoms with Gasteiger partial charge in [-0.3, -0.25) is 19.5 Å². The third kappa shape index (κ3) is 4.10. The van der Waals surface area contributed by atoms with Gasteiger partial charge in [-0.05, 0) is 24.5 Å². The highest BCUT2D eigenvalue weighted by Crippen LogP contribution is 2.46. The third-order valence-corrected chi connectivity index (χ3v) is 4.61. The predicted molar refractivity (Wildman–Crippen MR) is 88.0 cm³/mol. The van der Waals surface area contributed by atoms with Crippen LogP contribution in [0.25, 0.3) is 0 Å². The molecule has 0 spiro atoms. The van der Waals surface area contributed by atoms with Crippen molar-refractivity contribution in [1.29, 1.82) is 0 Å². The molecule has 0 atom stereocenters. The van der Waals surface area contributed by atoms with E-state index < -0.39 is 5.41 Å². The minimum Gasteiger partial charge on any atom is -0.379 e. The van der Waals surface area contributed by atoms with Crippen LogP contribution in [0.5, 0.6) is 0 Å². The molecule has 0 aromatic carbocycles. The van der Waals surface area contributed by atoms with Gasteiger partial charge in [0.05, 0.1) is 13.2 Å². The van der Waals surface area contributed by atoms with E-state index in [2.05, 4.69) is 20.5 Å². The number of nitrogens with one attached hydrogen (secondary N) is 2. The van der Waals surface area contributed by atoms with Crippen LogP contribution >= 0.6 is 0 Å². The Hall–Kier alpha value is -1.99. The van der Waals surface area contributed by atoms with E-state index in [1.807, 2.05) is 12.1 Å². The molecule has 24 heavy (non-hydrogen) atoms. The average Bonchev–Trinajstić information content (AvgIpc) is 3.43. The lowest BCUT2D eigenvalue weighted by Gasteiger charge is -2.26. The number of carbonyl (C=O) groups excluding carboxylic acids is 2. The number of carbonyl (C=O) groups is 2. The molecule has 0 radical (unpaired) electrons. The fraction of sp³-hybridized carbons (Fsp3) is 0.588. The SMILES string of the molecule is O=C(NCCN1CCOCC1)C1(C(=O)NCc2cccnc2)CC1. The van der Waals surface area contributed by atoms with Crippen molar-refractivity contribution >= 4 is 11.8 Å². The van der Waals surface area contributed by atoms with Gasteiger partial charge in [0.1, 0.15) is 5.41 Å². The van der Waals surface area contributed by atoms with Gasteiger partial charge in [-0.25, -0.2) is 0 Å². The van der Waals surface area contributed by atoms with Crippen LogP contribution in [0.15, 0.2) is 24.5 Å². The highest BCUT2D eigenvalue weighted by Gasteiger charge is 2.56. The van der Waals surface area contributed by atoms with Gasteiger partial charge in [-0.1, -0.05) is 6.07 Å². The maximum Gasteiger partial charge on any atom is 0.235 e. The first kappa shape index (κ1) is 16.9. The normalized spacial score (nSPS) is 19.5. The molecule has 3 rings (SSSR count). The Kier molecular flexibility index (Phi) is 5.42. The van der Waals surface area contributed by atoms with E-state index in [-0.39, 0.29) is 11.8 Å². The Morgan fingerprint density at radius 2 is 1.96 bits per heavy atom. The van der Waals surface area contributed by atoms with E-state index >= 15 is 0 Å². The molecule has 1 aromatic rings. The van der Waals surface area contributed by atoms with Crippen molar-refractivity contribution < 1.29 is 14.3 Å². The molecular weight excluding hydrogens is 308 g/mol. The molecule has 1 aliphatic heterocycles.